The van der Waals surface area contributed by atoms with E-state index in [0.717, 1.165) is 57.5 Å². The van der Waals surface area contributed by atoms with E-state index in [9.17, 15) is 13.2 Å². The van der Waals surface area contributed by atoms with Crippen LogP contribution in [0.25, 0.3) is 11.1 Å². The van der Waals surface area contributed by atoms with Crippen molar-refractivity contribution in [3.8, 4) is 28.4 Å². The quantitative estimate of drug-likeness (QED) is 0.273. The molecule has 0 amide bonds. The summed E-state index contributed by atoms with van der Waals surface area (Å²) in [6.07, 6.45) is 2.45. The van der Waals surface area contributed by atoms with Crippen molar-refractivity contribution in [3.63, 3.8) is 0 Å². The third-order valence-electron chi connectivity index (χ3n) is 9.00. The third-order valence-corrected chi connectivity index (χ3v) is 10.8. The molecule has 0 saturated carbocycles. The maximum absolute atomic E-state index is 15.3. The Hall–Kier alpha value is -3.59. The minimum absolute atomic E-state index is 0.0256. The van der Waals surface area contributed by atoms with E-state index in [1.54, 1.807) is 6.07 Å². The molecule has 43 heavy (non-hydrogen) atoms. The highest BCUT2D eigenvalue weighted by atomic mass is 32.2. The summed E-state index contributed by atoms with van der Waals surface area (Å²) in [5.74, 6) is 1.94. The van der Waals surface area contributed by atoms with Crippen LogP contribution in [-0.4, -0.2) is 52.8 Å². The maximum Gasteiger partial charge on any atom is 0.306 e. The number of aryl methyl sites for hydroxylation is 2. The molecule has 3 atom stereocenters. The van der Waals surface area contributed by atoms with Gasteiger partial charge in [-0.1, -0.05) is 12.1 Å². The average Bonchev–Trinajstić information content (AvgIpc) is 3.68. The summed E-state index contributed by atoms with van der Waals surface area (Å²) in [6.45, 7) is 5.22. The summed E-state index contributed by atoms with van der Waals surface area (Å²) in [4.78, 5) is 11.7. The molecule has 228 valence electrons. The number of hydrogen-bond donors (Lipinski definition) is 0. The summed E-state index contributed by atoms with van der Waals surface area (Å²) in [7, 11) is -1.56. The summed E-state index contributed by atoms with van der Waals surface area (Å²) < 4.78 is 61.7. The number of methoxy groups -OCH3 is 1. The van der Waals surface area contributed by atoms with Gasteiger partial charge in [-0.2, -0.15) is 0 Å². The molecule has 2 heterocycles. The molecule has 3 aliphatic rings. The molecule has 3 aromatic carbocycles. The van der Waals surface area contributed by atoms with E-state index < -0.39 is 9.84 Å². The molecule has 0 bridgehead atoms. The predicted molar refractivity (Wildman–Crippen MR) is 161 cm³/mol. The Labute approximate surface area is 252 Å². The topological polar surface area (TPSA) is 88.1 Å². The van der Waals surface area contributed by atoms with Crippen LogP contribution in [0.5, 0.6) is 17.2 Å². The van der Waals surface area contributed by atoms with Crippen molar-refractivity contribution in [3.05, 3.63) is 76.1 Å². The molecule has 7 nitrogen and oxygen atoms in total. The first-order valence-corrected chi connectivity index (χ1v) is 16.7. The number of rotatable bonds is 9. The van der Waals surface area contributed by atoms with Gasteiger partial charge in [0.1, 0.15) is 23.1 Å². The van der Waals surface area contributed by atoms with Crippen LogP contribution in [0.4, 0.5) is 4.39 Å². The second-order valence-corrected chi connectivity index (χ2v) is 14.3. The van der Waals surface area contributed by atoms with Gasteiger partial charge in [0.05, 0.1) is 44.9 Å². The smallest absolute Gasteiger partial charge is 0.306 e. The average molecular weight is 609 g/mol. The number of carbonyl (C=O) groups is 1. The molecule has 3 unspecified atom stereocenters. The molecule has 6 rings (SSSR count). The van der Waals surface area contributed by atoms with Crippen LogP contribution < -0.4 is 14.2 Å². The molecule has 2 aliphatic heterocycles. The van der Waals surface area contributed by atoms with E-state index in [2.05, 4.69) is 0 Å². The zero-order chi connectivity index (χ0) is 30.3. The van der Waals surface area contributed by atoms with Gasteiger partial charge >= 0.3 is 5.97 Å². The Kier molecular flexibility index (Phi) is 8.11. The SMILES string of the molecule is COC(=O)CC1COc2cc(OCC3CCc4c(-c5c(C)cc(OCC6CCS(=O)(=O)C6)cc5C)ccc(F)c43)ccc21. The number of sulfone groups is 1. The van der Waals surface area contributed by atoms with E-state index in [-0.39, 0.29) is 47.5 Å². The Morgan fingerprint density at radius 3 is 2.47 bits per heavy atom. The lowest BCUT2D eigenvalue weighted by Crippen LogP contribution is -2.13. The van der Waals surface area contributed by atoms with Crippen molar-refractivity contribution in [1.82, 2.24) is 0 Å². The zero-order valence-corrected chi connectivity index (χ0v) is 25.6. The van der Waals surface area contributed by atoms with E-state index in [1.165, 1.54) is 7.11 Å². The lowest BCUT2D eigenvalue weighted by Gasteiger charge is -2.19. The molecule has 0 N–H and O–H groups in total. The van der Waals surface area contributed by atoms with E-state index in [4.69, 9.17) is 18.9 Å². The Balaban J connectivity index is 1.16. The Morgan fingerprint density at radius 2 is 1.74 bits per heavy atom. The lowest BCUT2D eigenvalue weighted by molar-refractivity contribution is -0.141. The minimum Gasteiger partial charge on any atom is -0.493 e. The number of esters is 1. The molecule has 0 aromatic heterocycles. The van der Waals surface area contributed by atoms with Crippen molar-refractivity contribution in [1.29, 1.82) is 0 Å². The standard InChI is InChI=1S/C34H37FO7S/c1-20-12-26(40-16-22-10-11-43(37,38)19-22)13-21(2)33(20)28-8-9-30(35)34-23(4-6-29(28)34)17-41-25-5-7-27-24(14-32(36)39-3)18-42-31(27)15-25/h5,7-9,12-13,15,22-24H,4,6,10-11,14,16-19H2,1-3H3. The van der Waals surface area contributed by atoms with Gasteiger partial charge in [-0.05, 0) is 90.8 Å². The fourth-order valence-corrected chi connectivity index (χ4v) is 8.70. The molecule has 0 spiro atoms. The number of carbonyl (C=O) groups excluding carboxylic acids is 1. The largest absolute Gasteiger partial charge is 0.493 e. The monoisotopic (exact) mass is 608 g/mol. The van der Waals surface area contributed by atoms with Gasteiger partial charge in [0.2, 0.25) is 0 Å². The molecule has 3 aromatic rings. The second kappa shape index (κ2) is 11.8. The Bertz CT molecular complexity index is 1640. The summed E-state index contributed by atoms with van der Waals surface area (Å²) >= 11 is 0. The number of fused-ring (bicyclic) bond motifs is 2. The van der Waals surface area contributed by atoms with Crippen molar-refractivity contribution in [2.45, 2.75) is 51.4 Å². The van der Waals surface area contributed by atoms with Crippen molar-refractivity contribution < 1.29 is 36.6 Å². The van der Waals surface area contributed by atoms with Crippen LogP contribution >= 0.6 is 0 Å². The van der Waals surface area contributed by atoms with E-state index in [1.807, 2.05) is 50.2 Å². The number of benzene rings is 3. The molecule has 1 fully saturated rings. The first-order chi connectivity index (χ1) is 20.6. The van der Waals surface area contributed by atoms with Gasteiger partial charge < -0.3 is 18.9 Å². The van der Waals surface area contributed by atoms with Crippen LogP contribution in [0, 0.1) is 25.6 Å². The first-order valence-electron chi connectivity index (χ1n) is 14.8. The molecule has 0 radical (unpaired) electrons. The molecular weight excluding hydrogens is 571 g/mol. The fourth-order valence-electron chi connectivity index (χ4n) is 6.86. The first kappa shape index (κ1) is 29.5. The summed E-state index contributed by atoms with van der Waals surface area (Å²) in [5, 5.41) is 0. The number of halogens is 1. The lowest BCUT2D eigenvalue weighted by atomic mass is 9.89. The van der Waals surface area contributed by atoms with Gasteiger partial charge in [0.15, 0.2) is 9.84 Å². The molecule has 9 heteroatoms. The number of ether oxygens (including phenoxy) is 4. The van der Waals surface area contributed by atoms with Gasteiger partial charge in [0.25, 0.3) is 0 Å². The van der Waals surface area contributed by atoms with Gasteiger partial charge in [-0.3, -0.25) is 4.79 Å². The van der Waals surface area contributed by atoms with Gasteiger partial charge in [-0.25, -0.2) is 12.8 Å². The third kappa shape index (κ3) is 6.09. The van der Waals surface area contributed by atoms with E-state index >= 15 is 4.39 Å². The Morgan fingerprint density at radius 1 is 0.977 bits per heavy atom. The van der Waals surface area contributed by atoms with Crippen LogP contribution in [0.1, 0.15) is 58.9 Å². The fraction of sp³-hybridized carbons (Fsp3) is 0.441. The highest BCUT2D eigenvalue weighted by Gasteiger charge is 2.32. The summed E-state index contributed by atoms with van der Waals surface area (Å²) in [5.41, 5.74) is 6.88. The van der Waals surface area contributed by atoms with Crippen LogP contribution in [0.3, 0.4) is 0 Å². The normalized spacial score (nSPS) is 21.6. The maximum atomic E-state index is 15.3. The molecule has 1 saturated heterocycles. The van der Waals surface area contributed by atoms with Crippen molar-refractivity contribution in [2.75, 3.05) is 38.4 Å². The van der Waals surface area contributed by atoms with Gasteiger partial charge in [-0.15, -0.1) is 0 Å². The zero-order valence-electron chi connectivity index (χ0n) is 24.8. The predicted octanol–water partition coefficient (Wildman–Crippen LogP) is 6.07. The van der Waals surface area contributed by atoms with Crippen molar-refractivity contribution in [2.24, 2.45) is 5.92 Å². The van der Waals surface area contributed by atoms with E-state index in [0.29, 0.717) is 37.7 Å². The second-order valence-electron chi connectivity index (χ2n) is 12.0. The van der Waals surface area contributed by atoms with Crippen LogP contribution in [-0.2, 0) is 25.8 Å². The summed E-state index contributed by atoms with van der Waals surface area (Å²) in [6, 6.07) is 13.1. The highest BCUT2D eigenvalue weighted by molar-refractivity contribution is 7.91. The molecular formula is C34H37FO7S. The van der Waals surface area contributed by atoms with Crippen LogP contribution in [0.2, 0.25) is 0 Å². The highest BCUT2D eigenvalue weighted by Crippen LogP contribution is 2.44. The van der Waals surface area contributed by atoms with Crippen LogP contribution in [0.15, 0.2) is 42.5 Å². The van der Waals surface area contributed by atoms with Gasteiger partial charge in [0, 0.05) is 29.4 Å². The number of hydrogen-bond acceptors (Lipinski definition) is 7. The molecule has 1 aliphatic carbocycles. The van der Waals surface area contributed by atoms with Crippen molar-refractivity contribution >= 4 is 15.8 Å². The minimum atomic E-state index is -2.94.